The number of amides is 1. The summed E-state index contributed by atoms with van der Waals surface area (Å²) < 4.78 is 13.0. The number of rotatable bonds is 5. The second kappa shape index (κ2) is 5.70. The lowest BCUT2D eigenvalue weighted by molar-refractivity contribution is -0.124. The first kappa shape index (κ1) is 14.0. The van der Waals surface area contributed by atoms with Crippen LogP contribution in [0.3, 0.4) is 0 Å². The van der Waals surface area contributed by atoms with Crippen molar-refractivity contribution in [1.29, 1.82) is 0 Å². The van der Waals surface area contributed by atoms with E-state index in [9.17, 15) is 9.18 Å². The molecule has 1 aromatic rings. The highest BCUT2D eigenvalue weighted by Crippen LogP contribution is 2.41. The van der Waals surface area contributed by atoms with Gasteiger partial charge in [0.05, 0.1) is 5.54 Å². The molecule has 0 aliphatic heterocycles. The summed E-state index contributed by atoms with van der Waals surface area (Å²) in [6.45, 7) is 0.741. The molecular formula is C15H21FN2O. The molecule has 1 aromatic carbocycles. The smallest absolute Gasteiger partial charge is 0.221 e. The molecule has 1 saturated carbocycles. The predicted molar refractivity (Wildman–Crippen MR) is 73.2 cm³/mol. The fraction of sp³-hybridized carbons (Fsp3) is 0.533. The van der Waals surface area contributed by atoms with E-state index >= 15 is 0 Å². The monoisotopic (exact) mass is 264 g/mol. The third-order valence-electron chi connectivity index (χ3n) is 3.77. The Morgan fingerprint density at radius 2 is 1.95 bits per heavy atom. The van der Waals surface area contributed by atoms with E-state index in [1.807, 2.05) is 19.0 Å². The Hall–Kier alpha value is -1.42. The molecule has 104 valence electrons. The van der Waals surface area contributed by atoms with Crippen LogP contribution in [0, 0.1) is 5.82 Å². The van der Waals surface area contributed by atoms with Gasteiger partial charge in [0.15, 0.2) is 0 Å². The van der Waals surface area contributed by atoms with Crippen molar-refractivity contribution >= 4 is 5.91 Å². The lowest BCUT2D eigenvalue weighted by Crippen LogP contribution is -2.51. The standard InChI is InChI=1S/C15H21FN2O/c1-18(2)11-8-14(19)17-15(9-3-10-15)12-4-6-13(16)7-5-12/h4-7H,3,8-11H2,1-2H3,(H,17,19). The number of benzene rings is 1. The van der Waals surface area contributed by atoms with E-state index in [0.717, 1.165) is 31.4 Å². The zero-order valence-corrected chi connectivity index (χ0v) is 11.6. The first-order valence-corrected chi connectivity index (χ1v) is 6.74. The molecule has 1 aliphatic carbocycles. The maximum Gasteiger partial charge on any atom is 0.221 e. The van der Waals surface area contributed by atoms with Crippen LogP contribution in [0.2, 0.25) is 0 Å². The van der Waals surface area contributed by atoms with Gasteiger partial charge in [-0.05, 0) is 51.1 Å². The molecule has 3 nitrogen and oxygen atoms in total. The molecule has 1 fully saturated rings. The first-order valence-electron chi connectivity index (χ1n) is 6.74. The van der Waals surface area contributed by atoms with Crippen LogP contribution in [-0.4, -0.2) is 31.4 Å². The van der Waals surface area contributed by atoms with Crippen LogP contribution in [0.15, 0.2) is 24.3 Å². The number of hydrogen-bond acceptors (Lipinski definition) is 2. The molecule has 19 heavy (non-hydrogen) atoms. The molecule has 0 bridgehead atoms. The Balaban J connectivity index is 2.02. The van der Waals surface area contributed by atoms with E-state index < -0.39 is 0 Å². The molecule has 0 saturated heterocycles. The molecule has 0 unspecified atom stereocenters. The van der Waals surface area contributed by atoms with Crippen LogP contribution in [0.5, 0.6) is 0 Å². The quantitative estimate of drug-likeness (QED) is 0.885. The first-order chi connectivity index (χ1) is 9.02. The molecule has 0 aromatic heterocycles. The van der Waals surface area contributed by atoms with Gasteiger partial charge >= 0.3 is 0 Å². The summed E-state index contributed by atoms with van der Waals surface area (Å²) in [4.78, 5) is 14.0. The van der Waals surface area contributed by atoms with Crippen molar-refractivity contribution < 1.29 is 9.18 Å². The molecule has 0 radical (unpaired) electrons. The zero-order chi connectivity index (χ0) is 13.9. The van der Waals surface area contributed by atoms with Crippen molar-refractivity contribution in [3.8, 4) is 0 Å². The third kappa shape index (κ3) is 3.32. The normalized spacial score (nSPS) is 17.1. The summed E-state index contributed by atoms with van der Waals surface area (Å²) >= 11 is 0. The van der Waals surface area contributed by atoms with E-state index in [1.165, 1.54) is 12.1 Å². The van der Waals surface area contributed by atoms with Crippen molar-refractivity contribution in [2.24, 2.45) is 0 Å². The minimum atomic E-state index is -0.267. The van der Waals surface area contributed by atoms with Crippen LogP contribution >= 0.6 is 0 Å². The lowest BCUT2D eigenvalue weighted by Gasteiger charge is -2.43. The average molecular weight is 264 g/mol. The lowest BCUT2D eigenvalue weighted by atomic mass is 9.71. The molecule has 1 aliphatic rings. The number of halogens is 1. The maximum absolute atomic E-state index is 13.0. The van der Waals surface area contributed by atoms with Gasteiger partial charge in [0.25, 0.3) is 0 Å². The Morgan fingerprint density at radius 3 is 2.42 bits per heavy atom. The summed E-state index contributed by atoms with van der Waals surface area (Å²) in [7, 11) is 3.90. The topological polar surface area (TPSA) is 32.3 Å². The van der Waals surface area contributed by atoms with E-state index in [2.05, 4.69) is 5.32 Å². The summed E-state index contributed by atoms with van der Waals surface area (Å²) in [5, 5.41) is 3.13. The molecule has 1 N–H and O–H groups in total. The SMILES string of the molecule is CN(C)CCC(=O)NC1(c2ccc(F)cc2)CCC1. The van der Waals surface area contributed by atoms with Gasteiger partial charge < -0.3 is 10.2 Å². The van der Waals surface area contributed by atoms with Gasteiger partial charge in [-0.3, -0.25) is 4.79 Å². The number of carbonyl (C=O) groups is 1. The molecule has 0 spiro atoms. The highest BCUT2D eigenvalue weighted by Gasteiger charge is 2.39. The highest BCUT2D eigenvalue weighted by atomic mass is 19.1. The number of nitrogens with one attached hydrogen (secondary N) is 1. The van der Waals surface area contributed by atoms with Crippen molar-refractivity contribution in [3.63, 3.8) is 0 Å². The molecular weight excluding hydrogens is 243 g/mol. The van der Waals surface area contributed by atoms with Gasteiger partial charge in [-0.2, -0.15) is 0 Å². The van der Waals surface area contributed by atoms with Crippen LogP contribution < -0.4 is 5.32 Å². The van der Waals surface area contributed by atoms with Crippen molar-refractivity contribution in [2.75, 3.05) is 20.6 Å². The third-order valence-corrected chi connectivity index (χ3v) is 3.77. The van der Waals surface area contributed by atoms with Gasteiger partial charge in [-0.15, -0.1) is 0 Å². The molecule has 1 amide bonds. The fourth-order valence-electron chi connectivity index (χ4n) is 2.44. The van der Waals surface area contributed by atoms with E-state index in [-0.39, 0.29) is 17.3 Å². The van der Waals surface area contributed by atoms with Crippen LogP contribution in [0.25, 0.3) is 0 Å². The van der Waals surface area contributed by atoms with Crippen LogP contribution in [0.4, 0.5) is 4.39 Å². The Morgan fingerprint density at radius 1 is 1.32 bits per heavy atom. The van der Waals surface area contributed by atoms with Crippen molar-refractivity contribution in [1.82, 2.24) is 10.2 Å². The molecule has 0 atom stereocenters. The van der Waals surface area contributed by atoms with Gasteiger partial charge in [0.2, 0.25) is 5.91 Å². The van der Waals surface area contributed by atoms with Gasteiger partial charge in [0.1, 0.15) is 5.82 Å². The van der Waals surface area contributed by atoms with Gasteiger partial charge in [-0.25, -0.2) is 4.39 Å². The Bertz CT molecular complexity index is 438. The van der Waals surface area contributed by atoms with Crippen LogP contribution in [0.1, 0.15) is 31.2 Å². The summed E-state index contributed by atoms with van der Waals surface area (Å²) in [5.41, 5.74) is 0.746. The zero-order valence-electron chi connectivity index (χ0n) is 11.6. The number of nitrogens with zero attached hydrogens (tertiary/aromatic N) is 1. The van der Waals surface area contributed by atoms with Crippen LogP contribution in [-0.2, 0) is 10.3 Å². The van der Waals surface area contributed by atoms with E-state index in [1.54, 1.807) is 12.1 Å². The largest absolute Gasteiger partial charge is 0.347 e. The fourth-order valence-corrected chi connectivity index (χ4v) is 2.44. The summed E-state index contributed by atoms with van der Waals surface area (Å²) in [6, 6.07) is 6.48. The molecule has 0 heterocycles. The minimum Gasteiger partial charge on any atom is -0.347 e. The van der Waals surface area contributed by atoms with Crippen molar-refractivity contribution in [3.05, 3.63) is 35.6 Å². The Labute approximate surface area is 113 Å². The highest BCUT2D eigenvalue weighted by molar-refractivity contribution is 5.77. The number of carbonyl (C=O) groups excluding carboxylic acids is 1. The predicted octanol–water partition coefficient (Wildman–Crippen LogP) is 2.27. The number of hydrogen-bond donors (Lipinski definition) is 1. The van der Waals surface area contributed by atoms with E-state index in [0.29, 0.717) is 6.42 Å². The Kier molecular flexibility index (Phi) is 4.20. The molecule has 2 rings (SSSR count). The second-order valence-corrected chi connectivity index (χ2v) is 5.54. The minimum absolute atomic E-state index is 0.0673. The van der Waals surface area contributed by atoms with Gasteiger partial charge in [0, 0.05) is 13.0 Å². The van der Waals surface area contributed by atoms with E-state index in [4.69, 9.17) is 0 Å². The summed E-state index contributed by atoms with van der Waals surface area (Å²) in [6.07, 6.45) is 3.47. The van der Waals surface area contributed by atoms with Gasteiger partial charge in [-0.1, -0.05) is 12.1 Å². The van der Waals surface area contributed by atoms with Crippen molar-refractivity contribution in [2.45, 2.75) is 31.2 Å². The second-order valence-electron chi connectivity index (χ2n) is 5.54. The average Bonchev–Trinajstić information content (AvgIpc) is 2.32. The maximum atomic E-state index is 13.0. The summed E-state index contributed by atoms with van der Waals surface area (Å²) in [5.74, 6) is -0.171. The molecule has 4 heteroatoms.